The summed E-state index contributed by atoms with van der Waals surface area (Å²) in [5, 5.41) is 4.94. The van der Waals surface area contributed by atoms with Crippen molar-refractivity contribution in [2.24, 2.45) is 7.05 Å². The summed E-state index contributed by atoms with van der Waals surface area (Å²) < 4.78 is 1.87. The van der Waals surface area contributed by atoms with Gasteiger partial charge in [-0.15, -0.1) is 11.8 Å². The number of fused-ring (bicyclic) bond motifs is 1. The van der Waals surface area contributed by atoms with Crippen LogP contribution in [-0.2, 0) is 13.6 Å². The van der Waals surface area contributed by atoms with Gasteiger partial charge in [0.15, 0.2) is 0 Å². The van der Waals surface area contributed by atoms with Gasteiger partial charge in [-0.2, -0.15) is 5.10 Å². The molecule has 0 radical (unpaired) electrons. The molecular weight excluding hydrogens is 254 g/mol. The first kappa shape index (κ1) is 12.6. The number of hydrogen-bond acceptors (Lipinski definition) is 3. The normalized spacial score (nSPS) is 19.1. The molecule has 4 heteroatoms. The molecule has 0 amide bonds. The van der Waals surface area contributed by atoms with Crippen molar-refractivity contribution in [3.63, 3.8) is 0 Å². The van der Waals surface area contributed by atoms with Crippen LogP contribution in [0.25, 0.3) is 0 Å². The third kappa shape index (κ3) is 2.78. The van der Waals surface area contributed by atoms with E-state index < -0.39 is 0 Å². The molecule has 3 rings (SSSR count). The van der Waals surface area contributed by atoms with Gasteiger partial charge in [-0.1, -0.05) is 19.1 Å². The van der Waals surface area contributed by atoms with E-state index in [4.69, 9.17) is 0 Å². The zero-order valence-electron chi connectivity index (χ0n) is 11.4. The number of rotatable bonds is 2. The molecule has 0 bridgehead atoms. The van der Waals surface area contributed by atoms with Crippen molar-refractivity contribution in [1.82, 2.24) is 9.78 Å². The van der Waals surface area contributed by atoms with Crippen molar-refractivity contribution < 1.29 is 0 Å². The highest BCUT2D eigenvalue weighted by Crippen LogP contribution is 2.37. The van der Waals surface area contributed by atoms with Crippen LogP contribution in [0, 0.1) is 0 Å². The number of aromatic nitrogens is 2. The van der Waals surface area contributed by atoms with Gasteiger partial charge < -0.3 is 4.90 Å². The van der Waals surface area contributed by atoms with Crippen LogP contribution in [0.1, 0.15) is 18.9 Å². The minimum Gasteiger partial charge on any atom is -0.366 e. The minimum absolute atomic E-state index is 0.681. The average molecular weight is 273 g/mol. The first-order chi connectivity index (χ1) is 9.22. The number of thioether (sulfide) groups is 1. The molecule has 1 aromatic carbocycles. The summed E-state index contributed by atoms with van der Waals surface area (Å²) in [7, 11) is 1.97. The molecule has 0 aliphatic carbocycles. The Morgan fingerprint density at radius 3 is 3.00 bits per heavy atom. The highest BCUT2D eigenvalue weighted by atomic mass is 32.2. The lowest BCUT2D eigenvalue weighted by molar-refractivity contribution is 0.728. The summed E-state index contributed by atoms with van der Waals surface area (Å²) in [5.74, 6) is 0. The molecule has 1 aliphatic rings. The van der Waals surface area contributed by atoms with E-state index in [1.54, 1.807) is 0 Å². The number of aryl methyl sites for hydroxylation is 1. The molecule has 0 saturated heterocycles. The molecule has 1 aromatic heterocycles. The van der Waals surface area contributed by atoms with Gasteiger partial charge in [0.2, 0.25) is 0 Å². The maximum Gasteiger partial charge on any atom is 0.0539 e. The SMILES string of the molecule is C[C@H]1CCN(Cc2cnn(C)c2)c2ccccc2S1. The molecule has 100 valence electrons. The molecule has 1 atom stereocenters. The highest BCUT2D eigenvalue weighted by molar-refractivity contribution is 8.00. The lowest BCUT2D eigenvalue weighted by Crippen LogP contribution is -2.24. The highest BCUT2D eigenvalue weighted by Gasteiger charge is 2.19. The lowest BCUT2D eigenvalue weighted by Gasteiger charge is -2.23. The Morgan fingerprint density at radius 2 is 2.21 bits per heavy atom. The number of para-hydroxylation sites is 1. The van der Waals surface area contributed by atoms with E-state index in [9.17, 15) is 0 Å². The van der Waals surface area contributed by atoms with Crippen molar-refractivity contribution in [1.29, 1.82) is 0 Å². The topological polar surface area (TPSA) is 21.1 Å². The van der Waals surface area contributed by atoms with E-state index in [1.807, 2.05) is 29.7 Å². The Balaban J connectivity index is 1.88. The van der Waals surface area contributed by atoms with Crippen molar-refractivity contribution in [3.8, 4) is 0 Å². The van der Waals surface area contributed by atoms with Gasteiger partial charge in [-0.3, -0.25) is 4.68 Å². The van der Waals surface area contributed by atoms with Gasteiger partial charge in [-0.25, -0.2) is 0 Å². The van der Waals surface area contributed by atoms with Crippen LogP contribution in [0.4, 0.5) is 5.69 Å². The summed E-state index contributed by atoms with van der Waals surface area (Å²) in [6.07, 6.45) is 5.29. The Bertz CT molecular complexity index is 564. The van der Waals surface area contributed by atoms with Crippen LogP contribution in [0.2, 0.25) is 0 Å². The fourth-order valence-electron chi connectivity index (χ4n) is 2.49. The third-order valence-electron chi connectivity index (χ3n) is 3.47. The predicted molar refractivity (Wildman–Crippen MR) is 80.6 cm³/mol. The van der Waals surface area contributed by atoms with Crippen molar-refractivity contribution >= 4 is 17.4 Å². The second-order valence-corrected chi connectivity index (χ2v) is 6.61. The van der Waals surface area contributed by atoms with E-state index in [2.05, 4.69) is 47.4 Å². The van der Waals surface area contributed by atoms with Crippen molar-refractivity contribution in [3.05, 3.63) is 42.2 Å². The summed E-state index contributed by atoms with van der Waals surface area (Å²) in [4.78, 5) is 3.87. The molecule has 1 aliphatic heterocycles. The standard InChI is InChI=1S/C15H19N3S/c1-12-7-8-18(11-13-9-16-17(2)10-13)14-5-3-4-6-15(14)19-12/h3-6,9-10,12H,7-8,11H2,1-2H3/t12-/m0/s1. The van der Waals surface area contributed by atoms with E-state index >= 15 is 0 Å². The molecule has 0 spiro atoms. The first-order valence-electron chi connectivity index (χ1n) is 6.70. The zero-order chi connectivity index (χ0) is 13.2. The molecule has 2 aromatic rings. The van der Waals surface area contributed by atoms with Gasteiger partial charge in [-0.05, 0) is 18.6 Å². The van der Waals surface area contributed by atoms with Crippen LogP contribution in [0.15, 0.2) is 41.6 Å². The summed E-state index contributed by atoms with van der Waals surface area (Å²) in [5.41, 5.74) is 2.64. The Morgan fingerprint density at radius 1 is 1.37 bits per heavy atom. The zero-order valence-corrected chi connectivity index (χ0v) is 12.2. The van der Waals surface area contributed by atoms with Gasteiger partial charge in [0.05, 0.1) is 11.9 Å². The summed E-state index contributed by atoms with van der Waals surface area (Å²) in [6, 6.07) is 8.73. The number of anilines is 1. The fraction of sp³-hybridized carbons (Fsp3) is 0.400. The molecule has 0 unspecified atom stereocenters. The third-order valence-corrected chi connectivity index (χ3v) is 4.71. The molecule has 0 saturated carbocycles. The minimum atomic E-state index is 0.681. The number of hydrogen-bond donors (Lipinski definition) is 0. The number of benzene rings is 1. The molecule has 0 fully saturated rings. The quantitative estimate of drug-likeness (QED) is 0.837. The maximum atomic E-state index is 4.26. The molecule has 0 N–H and O–H groups in total. The average Bonchev–Trinajstić information content (AvgIpc) is 2.73. The summed E-state index contributed by atoms with van der Waals surface area (Å²) in [6.45, 7) is 4.37. The first-order valence-corrected chi connectivity index (χ1v) is 7.58. The van der Waals surface area contributed by atoms with E-state index in [0.717, 1.165) is 13.1 Å². The lowest BCUT2D eigenvalue weighted by atomic mass is 10.2. The number of nitrogens with zero attached hydrogens (tertiary/aromatic N) is 3. The van der Waals surface area contributed by atoms with Gasteiger partial charge in [0, 0.05) is 42.0 Å². The maximum absolute atomic E-state index is 4.26. The van der Waals surface area contributed by atoms with Gasteiger partial charge in [0.25, 0.3) is 0 Å². The predicted octanol–water partition coefficient (Wildman–Crippen LogP) is 3.31. The Hall–Kier alpha value is -1.42. The fourth-order valence-corrected chi connectivity index (χ4v) is 3.62. The summed E-state index contributed by atoms with van der Waals surface area (Å²) >= 11 is 1.99. The molecule has 19 heavy (non-hydrogen) atoms. The van der Waals surface area contributed by atoms with Crippen LogP contribution in [0.3, 0.4) is 0 Å². The Labute approximate surface area is 118 Å². The molecule has 3 nitrogen and oxygen atoms in total. The van der Waals surface area contributed by atoms with E-state index in [-0.39, 0.29) is 0 Å². The van der Waals surface area contributed by atoms with Crippen LogP contribution < -0.4 is 4.90 Å². The van der Waals surface area contributed by atoms with Gasteiger partial charge >= 0.3 is 0 Å². The second-order valence-electron chi connectivity index (χ2n) is 5.13. The van der Waals surface area contributed by atoms with E-state index in [1.165, 1.54) is 22.6 Å². The van der Waals surface area contributed by atoms with Crippen LogP contribution >= 0.6 is 11.8 Å². The molecule has 2 heterocycles. The largest absolute Gasteiger partial charge is 0.366 e. The van der Waals surface area contributed by atoms with Crippen LogP contribution in [0.5, 0.6) is 0 Å². The van der Waals surface area contributed by atoms with Crippen molar-refractivity contribution in [2.45, 2.75) is 30.0 Å². The van der Waals surface area contributed by atoms with Crippen LogP contribution in [-0.4, -0.2) is 21.6 Å². The van der Waals surface area contributed by atoms with E-state index in [0.29, 0.717) is 5.25 Å². The smallest absolute Gasteiger partial charge is 0.0539 e. The molecular formula is C15H19N3S. The Kier molecular flexibility index (Phi) is 3.51. The monoisotopic (exact) mass is 273 g/mol. The van der Waals surface area contributed by atoms with Crippen molar-refractivity contribution in [2.75, 3.05) is 11.4 Å². The van der Waals surface area contributed by atoms with Gasteiger partial charge in [0.1, 0.15) is 0 Å². The second kappa shape index (κ2) is 5.29.